The summed E-state index contributed by atoms with van der Waals surface area (Å²) in [5.74, 6) is -0.517. The summed E-state index contributed by atoms with van der Waals surface area (Å²) in [7, 11) is 0. The largest absolute Gasteiger partial charge is 0.416 e. The topological polar surface area (TPSA) is 42.0 Å². The van der Waals surface area contributed by atoms with Gasteiger partial charge in [0.1, 0.15) is 0 Å². The molecule has 0 spiro atoms. The van der Waals surface area contributed by atoms with Gasteiger partial charge in [0.05, 0.1) is 22.3 Å². The number of halogens is 4. The molecule has 0 bridgehead atoms. The lowest BCUT2D eigenvalue weighted by Crippen LogP contribution is -2.14. The van der Waals surface area contributed by atoms with Gasteiger partial charge in [0.15, 0.2) is 0 Å². The molecular formula is C25H18ClF3N2O. The van der Waals surface area contributed by atoms with E-state index in [9.17, 15) is 18.0 Å². The van der Waals surface area contributed by atoms with Crippen molar-refractivity contribution in [3.8, 4) is 11.3 Å². The number of aromatic nitrogens is 1. The number of pyridine rings is 1. The molecule has 1 amide bonds. The number of hydrogen-bond acceptors (Lipinski definition) is 2. The van der Waals surface area contributed by atoms with Gasteiger partial charge in [-0.1, -0.05) is 41.4 Å². The Morgan fingerprint density at radius 2 is 1.69 bits per heavy atom. The smallest absolute Gasteiger partial charge is 0.322 e. The molecule has 1 aromatic heterocycles. The van der Waals surface area contributed by atoms with Crippen molar-refractivity contribution in [2.45, 2.75) is 20.0 Å². The third kappa shape index (κ3) is 4.46. The monoisotopic (exact) mass is 454 g/mol. The number of benzene rings is 3. The van der Waals surface area contributed by atoms with Gasteiger partial charge < -0.3 is 5.32 Å². The van der Waals surface area contributed by atoms with Gasteiger partial charge in [0.2, 0.25) is 0 Å². The van der Waals surface area contributed by atoms with Crippen molar-refractivity contribution < 1.29 is 18.0 Å². The van der Waals surface area contributed by atoms with Crippen LogP contribution in [0.4, 0.5) is 18.9 Å². The van der Waals surface area contributed by atoms with Crippen LogP contribution in [0.3, 0.4) is 0 Å². The molecule has 0 radical (unpaired) electrons. The molecule has 0 atom stereocenters. The number of aryl methyl sites for hydroxylation is 2. The van der Waals surface area contributed by atoms with E-state index in [1.54, 1.807) is 30.3 Å². The number of carbonyl (C=O) groups excluding carboxylic acids is 1. The normalized spacial score (nSPS) is 11.6. The molecule has 0 fully saturated rings. The Balaban J connectivity index is 1.83. The predicted octanol–water partition coefficient (Wildman–Crippen LogP) is 7.44. The van der Waals surface area contributed by atoms with Crippen molar-refractivity contribution in [2.75, 3.05) is 5.32 Å². The molecule has 4 rings (SSSR count). The highest BCUT2D eigenvalue weighted by atomic mass is 35.5. The van der Waals surface area contributed by atoms with Gasteiger partial charge in [-0.3, -0.25) is 4.79 Å². The average Bonchev–Trinajstić information content (AvgIpc) is 2.73. The quantitative estimate of drug-likeness (QED) is 0.349. The van der Waals surface area contributed by atoms with Crippen LogP contribution in [-0.4, -0.2) is 10.9 Å². The van der Waals surface area contributed by atoms with Gasteiger partial charge in [-0.15, -0.1) is 0 Å². The minimum absolute atomic E-state index is 0.0622. The first-order chi connectivity index (χ1) is 15.1. The highest BCUT2D eigenvalue weighted by molar-refractivity contribution is 6.30. The first kappa shape index (κ1) is 21.8. The second kappa shape index (κ2) is 8.28. The van der Waals surface area contributed by atoms with Gasteiger partial charge in [0.25, 0.3) is 5.91 Å². The molecular weight excluding hydrogens is 437 g/mol. The number of rotatable bonds is 3. The van der Waals surface area contributed by atoms with Crippen LogP contribution < -0.4 is 5.32 Å². The van der Waals surface area contributed by atoms with Crippen molar-refractivity contribution >= 4 is 34.1 Å². The summed E-state index contributed by atoms with van der Waals surface area (Å²) >= 11 is 5.99. The minimum Gasteiger partial charge on any atom is -0.322 e. The van der Waals surface area contributed by atoms with Gasteiger partial charge >= 0.3 is 6.18 Å². The Hall–Kier alpha value is -3.38. The number of carbonyl (C=O) groups is 1. The molecule has 0 saturated heterocycles. The molecule has 0 saturated carbocycles. The summed E-state index contributed by atoms with van der Waals surface area (Å²) in [5, 5.41) is 3.80. The van der Waals surface area contributed by atoms with E-state index in [4.69, 9.17) is 16.6 Å². The molecule has 0 aliphatic rings. The van der Waals surface area contributed by atoms with E-state index < -0.39 is 17.6 Å². The highest BCUT2D eigenvalue weighted by Crippen LogP contribution is 2.32. The summed E-state index contributed by atoms with van der Waals surface area (Å²) in [6, 6.07) is 17.1. The molecule has 4 aromatic rings. The molecule has 3 aromatic carbocycles. The van der Waals surface area contributed by atoms with E-state index in [2.05, 4.69) is 5.32 Å². The van der Waals surface area contributed by atoms with E-state index in [-0.39, 0.29) is 5.69 Å². The summed E-state index contributed by atoms with van der Waals surface area (Å²) in [5.41, 5.74) is 3.38. The first-order valence-electron chi connectivity index (χ1n) is 9.78. The SMILES string of the molecule is Cc1cc(C)c2nc(-c3ccc(Cl)cc3)cc(C(=O)Nc3cccc(C(F)(F)F)c3)c2c1. The highest BCUT2D eigenvalue weighted by Gasteiger charge is 2.30. The predicted molar refractivity (Wildman–Crippen MR) is 121 cm³/mol. The molecule has 1 heterocycles. The lowest BCUT2D eigenvalue weighted by molar-refractivity contribution is -0.137. The summed E-state index contributed by atoms with van der Waals surface area (Å²) in [6.07, 6.45) is -4.50. The summed E-state index contributed by atoms with van der Waals surface area (Å²) < 4.78 is 39.2. The van der Waals surface area contributed by atoms with Crippen molar-refractivity contribution in [2.24, 2.45) is 0 Å². The Kier molecular flexibility index (Phi) is 5.65. The zero-order valence-corrected chi connectivity index (χ0v) is 18.0. The lowest BCUT2D eigenvalue weighted by Gasteiger charge is -2.14. The molecule has 162 valence electrons. The van der Waals surface area contributed by atoms with Crippen LogP contribution in [0, 0.1) is 13.8 Å². The van der Waals surface area contributed by atoms with E-state index >= 15 is 0 Å². The van der Waals surface area contributed by atoms with Crippen molar-refractivity contribution in [3.63, 3.8) is 0 Å². The molecule has 0 aliphatic heterocycles. The maximum atomic E-state index is 13.2. The van der Waals surface area contributed by atoms with Crippen LogP contribution in [0.25, 0.3) is 22.2 Å². The number of fused-ring (bicyclic) bond motifs is 1. The minimum atomic E-state index is -4.50. The standard InChI is InChI=1S/C25H18ClF3N2O/c1-14-10-15(2)23-20(11-14)21(13-22(31-23)16-6-8-18(26)9-7-16)24(32)30-19-5-3-4-17(12-19)25(27,28)29/h3-13H,1-2H3,(H,30,32). The maximum Gasteiger partial charge on any atom is 0.416 e. The fourth-order valence-electron chi connectivity index (χ4n) is 3.61. The second-order valence-corrected chi connectivity index (χ2v) is 8.01. The van der Waals surface area contributed by atoms with Crippen LogP contribution >= 0.6 is 11.6 Å². The Morgan fingerprint density at radius 1 is 0.969 bits per heavy atom. The Labute approximate surface area is 187 Å². The summed E-state index contributed by atoms with van der Waals surface area (Å²) in [4.78, 5) is 17.9. The van der Waals surface area contributed by atoms with E-state index in [0.29, 0.717) is 27.2 Å². The fraction of sp³-hybridized carbons (Fsp3) is 0.120. The van der Waals surface area contributed by atoms with E-state index in [0.717, 1.165) is 28.8 Å². The second-order valence-electron chi connectivity index (χ2n) is 7.57. The molecule has 7 heteroatoms. The Morgan fingerprint density at radius 3 is 2.38 bits per heavy atom. The number of nitrogens with zero attached hydrogens (tertiary/aromatic N) is 1. The van der Waals surface area contributed by atoms with Gasteiger partial charge in [0, 0.05) is 21.7 Å². The number of alkyl halides is 3. The third-order valence-electron chi connectivity index (χ3n) is 5.08. The summed E-state index contributed by atoms with van der Waals surface area (Å²) in [6.45, 7) is 3.82. The van der Waals surface area contributed by atoms with Gasteiger partial charge in [-0.2, -0.15) is 13.2 Å². The van der Waals surface area contributed by atoms with E-state index in [1.807, 2.05) is 26.0 Å². The molecule has 1 N–H and O–H groups in total. The average molecular weight is 455 g/mol. The molecule has 3 nitrogen and oxygen atoms in total. The number of hydrogen-bond donors (Lipinski definition) is 1. The first-order valence-corrected chi connectivity index (χ1v) is 10.2. The molecule has 0 unspecified atom stereocenters. The Bertz CT molecular complexity index is 1330. The number of anilines is 1. The maximum absolute atomic E-state index is 13.2. The van der Waals surface area contributed by atoms with Crippen molar-refractivity contribution in [1.29, 1.82) is 0 Å². The van der Waals surface area contributed by atoms with Crippen LogP contribution in [0.2, 0.25) is 5.02 Å². The van der Waals surface area contributed by atoms with E-state index in [1.165, 1.54) is 12.1 Å². The van der Waals surface area contributed by atoms with Crippen LogP contribution in [0.15, 0.2) is 66.7 Å². The lowest BCUT2D eigenvalue weighted by atomic mass is 9.99. The van der Waals surface area contributed by atoms with Crippen LogP contribution in [-0.2, 0) is 6.18 Å². The number of nitrogens with one attached hydrogen (secondary N) is 1. The molecule has 0 aliphatic carbocycles. The number of amides is 1. The van der Waals surface area contributed by atoms with Crippen molar-refractivity contribution in [3.05, 3.63) is 94.0 Å². The fourth-order valence-corrected chi connectivity index (χ4v) is 3.73. The molecule has 32 heavy (non-hydrogen) atoms. The van der Waals surface area contributed by atoms with Crippen molar-refractivity contribution in [1.82, 2.24) is 4.98 Å². The van der Waals surface area contributed by atoms with Gasteiger partial charge in [-0.05, 0) is 61.9 Å². The zero-order valence-electron chi connectivity index (χ0n) is 17.2. The third-order valence-corrected chi connectivity index (χ3v) is 5.33. The van der Waals surface area contributed by atoms with Crippen LogP contribution in [0.5, 0.6) is 0 Å². The van der Waals surface area contributed by atoms with Crippen LogP contribution in [0.1, 0.15) is 27.0 Å². The van der Waals surface area contributed by atoms with Gasteiger partial charge in [-0.25, -0.2) is 4.98 Å². The zero-order chi connectivity index (χ0) is 23.0.